The highest BCUT2D eigenvalue weighted by Crippen LogP contribution is 2.28. The zero-order valence-electron chi connectivity index (χ0n) is 12.9. The lowest BCUT2D eigenvalue weighted by Crippen LogP contribution is -2.30. The Morgan fingerprint density at radius 1 is 1.17 bits per heavy atom. The maximum atomic E-state index is 12.5. The van der Waals surface area contributed by atoms with Crippen LogP contribution in [0.2, 0.25) is 0 Å². The zero-order valence-corrected chi connectivity index (χ0v) is 12.9. The average molecular weight is 319 g/mol. The van der Waals surface area contributed by atoms with Crippen molar-refractivity contribution < 1.29 is 18.3 Å². The predicted octanol–water partition coefficient (Wildman–Crippen LogP) is 4.07. The molecule has 0 saturated heterocycles. The molecule has 0 fully saturated rings. The Morgan fingerprint density at radius 2 is 1.91 bits per heavy atom. The number of halogens is 2. The maximum Gasteiger partial charge on any atom is 0.387 e. The van der Waals surface area contributed by atoms with E-state index in [0.29, 0.717) is 13.1 Å². The van der Waals surface area contributed by atoms with Gasteiger partial charge in [-0.1, -0.05) is 36.4 Å². The summed E-state index contributed by atoms with van der Waals surface area (Å²) in [6, 6.07) is 14.8. The number of hydrogen-bond acceptors (Lipinski definition) is 3. The molecule has 1 heterocycles. The van der Waals surface area contributed by atoms with E-state index in [2.05, 4.69) is 9.64 Å². The van der Waals surface area contributed by atoms with Crippen molar-refractivity contribution in [2.24, 2.45) is 0 Å². The Bertz CT molecular complexity index is 663. The molecule has 0 aromatic heterocycles. The van der Waals surface area contributed by atoms with E-state index in [-0.39, 0.29) is 11.9 Å². The SMILES string of the molecule is C[C@H]1CN(Cc2ccccc2OC(F)F)Cc2ccccc2O1. The minimum Gasteiger partial charge on any atom is -0.489 e. The summed E-state index contributed by atoms with van der Waals surface area (Å²) in [6.07, 6.45) is 0.0295. The normalized spacial score (nSPS) is 18.2. The largest absolute Gasteiger partial charge is 0.489 e. The highest BCUT2D eigenvalue weighted by atomic mass is 19.3. The van der Waals surface area contributed by atoms with Gasteiger partial charge in [0.15, 0.2) is 0 Å². The highest BCUT2D eigenvalue weighted by Gasteiger charge is 2.21. The summed E-state index contributed by atoms with van der Waals surface area (Å²) in [5, 5.41) is 0. The number of alkyl halides is 2. The highest BCUT2D eigenvalue weighted by molar-refractivity contribution is 5.36. The summed E-state index contributed by atoms with van der Waals surface area (Å²) in [5.74, 6) is 1.12. The Balaban J connectivity index is 1.80. The van der Waals surface area contributed by atoms with Crippen molar-refractivity contribution in [3.05, 3.63) is 59.7 Å². The van der Waals surface area contributed by atoms with E-state index in [0.717, 1.165) is 23.4 Å². The van der Waals surface area contributed by atoms with Crippen molar-refractivity contribution in [3.63, 3.8) is 0 Å². The van der Waals surface area contributed by atoms with Crippen LogP contribution >= 0.6 is 0 Å². The van der Waals surface area contributed by atoms with Crippen molar-refractivity contribution in [2.75, 3.05) is 6.54 Å². The molecule has 3 nitrogen and oxygen atoms in total. The van der Waals surface area contributed by atoms with Crippen LogP contribution in [0, 0.1) is 0 Å². The first kappa shape index (κ1) is 15.7. The summed E-state index contributed by atoms with van der Waals surface area (Å²) in [6.45, 7) is 1.16. The Hall–Kier alpha value is -2.14. The Labute approximate surface area is 134 Å². The smallest absolute Gasteiger partial charge is 0.387 e. The van der Waals surface area contributed by atoms with Gasteiger partial charge in [-0.25, -0.2) is 0 Å². The minimum atomic E-state index is -2.82. The maximum absolute atomic E-state index is 12.5. The first-order valence-electron chi connectivity index (χ1n) is 7.61. The van der Waals surface area contributed by atoms with Crippen LogP contribution in [0.15, 0.2) is 48.5 Å². The third-order valence-corrected chi connectivity index (χ3v) is 3.79. The first-order valence-corrected chi connectivity index (χ1v) is 7.61. The van der Waals surface area contributed by atoms with Gasteiger partial charge in [0.05, 0.1) is 0 Å². The molecule has 0 N–H and O–H groups in total. The molecule has 0 aliphatic carbocycles. The molecule has 0 saturated carbocycles. The predicted molar refractivity (Wildman–Crippen MR) is 83.7 cm³/mol. The molecule has 23 heavy (non-hydrogen) atoms. The van der Waals surface area contributed by atoms with Crippen LogP contribution in [0.25, 0.3) is 0 Å². The second-order valence-corrected chi connectivity index (χ2v) is 5.69. The van der Waals surface area contributed by atoms with E-state index in [4.69, 9.17) is 4.74 Å². The number of benzene rings is 2. The van der Waals surface area contributed by atoms with Crippen molar-refractivity contribution in [1.29, 1.82) is 0 Å². The third kappa shape index (κ3) is 3.99. The molecule has 3 rings (SSSR count). The Kier molecular flexibility index (Phi) is 4.76. The molecule has 0 radical (unpaired) electrons. The van der Waals surface area contributed by atoms with Crippen LogP contribution in [0.4, 0.5) is 8.78 Å². The van der Waals surface area contributed by atoms with Gasteiger partial charge in [-0.05, 0) is 19.1 Å². The lowest BCUT2D eigenvalue weighted by Gasteiger charge is -2.23. The van der Waals surface area contributed by atoms with E-state index in [1.807, 2.05) is 43.3 Å². The van der Waals surface area contributed by atoms with E-state index in [9.17, 15) is 8.78 Å². The Morgan fingerprint density at radius 3 is 2.74 bits per heavy atom. The molecule has 0 spiro atoms. The lowest BCUT2D eigenvalue weighted by molar-refractivity contribution is -0.0508. The fourth-order valence-corrected chi connectivity index (χ4v) is 2.88. The van der Waals surface area contributed by atoms with Crippen LogP contribution in [-0.2, 0) is 13.1 Å². The van der Waals surface area contributed by atoms with Gasteiger partial charge in [0.25, 0.3) is 0 Å². The number of rotatable bonds is 4. The number of para-hydroxylation sites is 2. The molecule has 1 aliphatic rings. The summed E-state index contributed by atoms with van der Waals surface area (Å²) < 4.78 is 35.6. The van der Waals surface area contributed by atoms with Gasteiger partial charge in [0.2, 0.25) is 0 Å². The lowest BCUT2D eigenvalue weighted by atomic mass is 10.1. The van der Waals surface area contributed by atoms with Crippen molar-refractivity contribution in [3.8, 4) is 11.5 Å². The second kappa shape index (κ2) is 6.96. The third-order valence-electron chi connectivity index (χ3n) is 3.79. The van der Waals surface area contributed by atoms with Gasteiger partial charge >= 0.3 is 6.61 Å². The summed E-state index contributed by atoms with van der Waals surface area (Å²) in [5.41, 5.74) is 1.85. The monoisotopic (exact) mass is 319 g/mol. The number of hydrogen-bond donors (Lipinski definition) is 0. The summed E-state index contributed by atoms with van der Waals surface area (Å²) in [4.78, 5) is 2.18. The van der Waals surface area contributed by atoms with E-state index in [1.54, 1.807) is 12.1 Å². The van der Waals surface area contributed by atoms with E-state index in [1.165, 1.54) is 0 Å². The molecule has 122 valence electrons. The van der Waals surface area contributed by atoms with Gasteiger partial charge in [-0.2, -0.15) is 8.78 Å². The second-order valence-electron chi connectivity index (χ2n) is 5.69. The minimum absolute atomic E-state index is 0.0295. The first-order chi connectivity index (χ1) is 11.1. The van der Waals surface area contributed by atoms with Crippen LogP contribution in [0.3, 0.4) is 0 Å². The summed E-state index contributed by atoms with van der Waals surface area (Å²) in [7, 11) is 0. The topological polar surface area (TPSA) is 21.7 Å². The van der Waals surface area contributed by atoms with E-state index >= 15 is 0 Å². The quantitative estimate of drug-likeness (QED) is 0.848. The summed E-state index contributed by atoms with van der Waals surface area (Å²) >= 11 is 0. The standard InChI is InChI=1S/C18H19F2NO2/c1-13-10-21(11-14-6-2-4-8-16(14)22-13)12-15-7-3-5-9-17(15)23-18(19)20/h2-9,13,18H,10-12H2,1H3/t13-/m0/s1. The molecular weight excluding hydrogens is 300 g/mol. The molecule has 0 unspecified atom stereocenters. The molecule has 2 aromatic carbocycles. The average Bonchev–Trinajstić information content (AvgIpc) is 2.66. The molecule has 2 aromatic rings. The molecule has 1 aliphatic heterocycles. The fraction of sp³-hybridized carbons (Fsp3) is 0.333. The van der Waals surface area contributed by atoms with E-state index < -0.39 is 6.61 Å². The fourth-order valence-electron chi connectivity index (χ4n) is 2.88. The molecular formula is C18H19F2NO2. The zero-order chi connectivity index (χ0) is 16.2. The van der Waals surface area contributed by atoms with Crippen molar-refractivity contribution in [2.45, 2.75) is 32.7 Å². The van der Waals surface area contributed by atoms with Gasteiger partial charge in [-0.15, -0.1) is 0 Å². The van der Waals surface area contributed by atoms with Crippen LogP contribution < -0.4 is 9.47 Å². The van der Waals surface area contributed by atoms with Gasteiger partial charge in [0.1, 0.15) is 17.6 Å². The van der Waals surface area contributed by atoms with Gasteiger partial charge in [0, 0.05) is 30.8 Å². The van der Waals surface area contributed by atoms with Gasteiger partial charge in [-0.3, -0.25) is 4.90 Å². The number of nitrogens with zero attached hydrogens (tertiary/aromatic N) is 1. The van der Waals surface area contributed by atoms with Crippen LogP contribution in [-0.4, -0.2) is 24.2 Å². The number of ether oxygens (including phenoxy) is 2. The van der Waals surface area contributed by atoms with Gasteiger partial charge < -0.3 is 9.47 Å². The van der Waals surface area contributed by atoms with Crippen molar-refractivity contribution >= 4 is 0 Å². The molecule has 1 atom stereocenters. The molecule has 0 bridgehead atoms. The van der Waals surface area contributed by atoms with Crippen molar-refractivity contribution in [1.82, 2.24) is 4.90 Å². The molecule has 5 heteroatoms. The molecule has 0 amide bonds. The van der Waals surface area contributed by atoms with Crippen LogP contribution in [0.1, 0.15) is 18.1 Å². The van der Waals surface area contributed by atoms with Crippen LogP contribution in [0.5, 0.6) is 11.5 Å². The number of fused-ring (bicyclic) bond motifs is 1.